The molecule has 0 unspecified atom stereocenters. The SMILES string of the molecule is [CH2][CH2][Mg][Cl]. The predicted molar refractivity (Wildman–Crippen MR) is 21.8 cm³/mol. The summed E-state index contributed by atoms with van der Waals surface area (Å²) in [6, 6.07) is 0. The molecule has 0 rings (SSSR count). The third-order valence-corrected chi connectivity index (χ3v) is 1.20. The number of hydrogen-bond donors (Lipinski definition) is 0. The minimum atomic E-state index is -0.215. The summed E-state index contributed by atoms with van der Waals surface area (Å²) in [7, 11) is 5.26. The molecule has 0 aliphatic carbocycles. The molecule has 0 heterocycles. The maximum absolute atomic E-state index is 5.26. The van der Waals surface area contributed by atoms with Crippen LogP contribution in [-0.4, -0.2) is 19.3 Å². The van der Waals surface area contributed by atoms with E-state index in [9.17, 15) is 0 Å². The fraction of sp³-hybridized carbons (Fsp3) is 0.500. The van der Waals surface area contributed by atoms with Gasteiger partial charge in [-0.1, -0.05) is 6.92 Å². The molecule has 21 valence electrons. The Bertz CT molecular complexity index is 8.00. The lowest BCUT2D eigenvalue weighted by Gasteiger charge is -1.58. The van der Waals surface area contributed by atoms with E-state index < -0.39 is 0 Å². The first-order chi connectivity index (χ1) is 1.91. The second kappa shape index (κ2) is 4.06. The molecule has 0 aromatic heterocycles. The van der Waals surface area contributed by atoms with Crippen LogP contribution in [0, 0.1) is 6.92 Å². The van der Waals surface area contributed by atoms with Crippen molar-refractivity contribution < 1.29 is 0 Å². The quantitative estimate of drug-likeness (QED) is 0.421. The second-order valence-corrected chi connectivity index (χ2v) is 2.76. The molecule has 0 nitrogen and oxygen atoms in total. The van der Waals surface area contributed by atoms with E-state index in [0.717, 1.165) is 4.55 Å². The van der Waals surface area contributed by atoms with E-state index in [1.807, 2.05) is 0 Å². The van der Waals surface area contributed by atoms with Gasteiger partial charge in [-0.15, -0.1) is 4.55 Å². The maximum Gasteiger partial charge on any atom is 0.501 e. The zero-order valence-corrected chi connectivity index (χ0v) is 4.67. The summed E-state index contributed by atoms with van der Waals surface area (Å²) in [6.45, 7) is 3.53. The minimum Gasteiger partial charge on any atom is -0.346 e. The first kappa shape index (κ1) is 5.06. The van der Waals surface area contributed by atoms with Gasteiger partial charge < -0.3 is 9.07 Å². The summed E-state index contributed by atoms with van der Waals surface area (Å²) in [5.74, 6) is 0. The standard InChI is InChI=1S/C2H4.ClH.Mg/c1-2;;/h1-2H2;1H;/q;;+1/p-1. The molecule has 0 aromatic carbocycles. The molecule has 0 N–H and O–H groups in total. The van der Waals surface area contributed by atoms with Crippen LogP contribution in [0.5, 0.6) is 0 Å². The number of hydrogen-bond acceptors (Lipinski definition) is 0. The molecule has 4 heavy (non-hydrogen) atoms. The Morgan fingerprint density at radius 2 is 2.25 bits per heavy atom. The van der Waals surface area contributed by atoms with E-state index in [-0.39, 0.29) is 19.3 Å². The topological polar surface area (TPSA) is 0 Å². The largest absolute Gasteiger partial charge is 0.501 e. The highest BCUT2D eigenvalue weighted by Crippen LogP contribution is 1.72. The summed E-state index contributed by atoms with van der Waals surface area (Å²) < 4.78 is 0.974. The summed E-state index contributed by atoms with van der Waals surface area (Å²) in [6.07, 6.45) is 0. The van der Waals surface area contributed by atoms with Crippen LogP contribution in [0.4, 0.5) is 0 Å². The van der Waals surface area contributed by atoms with E-state index in [1.165, 1.54) is 0 Å². The fourth-order valence-corrected chi connectivity index (χ4v) is 0. The first-order valence-corrected chi connectivity index (χ1v) is 4.41. The molecule has 0 saturated carbocycles. The Labute approximate surface area is 40.0 Å². The fourth-order valence-electron chi connectivity index (χ4n) is 0. The first-order valence-electron chi connectivity index (χ1n) is 1.27. The van der Waals surface area contributed by atoms with E-state index in [2.05, 4.69) is 6.92 Å². The minimum absolute atomic E-state index is 0.215. The Kier molecular flexibility index (Phi) is 5.13. The van der Waals surface area contributed by atoms with Crippen molar-refractivity contribution in [2.24, 2.45) is 0 Å². The van der Waals surface area contributed by atoms with Gasteiger partial charge in [-0.25, -0.2) is 0 Å². The third-order valence-electron chi connectivity index (χ3n) is 0.134. The molecular formula is C2H4ClMg. The highest BCUT2D eigenvalue weighted by Gasteiger charge is 1.74. The van der Waals surface area contributed by atoms with E-state index in [1.54, 1.807) is 0 Å². The molecule has 0 amide bonds. The van der Waals surface area contributed by atoms with Crippen molar-refractivity contribution in [3.63, 3.8) is 0 Å². The molecule has 0 aliphatic heterocycles. The monoisotopic (exact) mass is 87.0 g/mol. The summed E-state index contributed by atoms with van der Waals surface area (Å²) in [5, 5.41) is 0. The summed E-state index contributed by atoms with van der Waals surface area (Å²) in [4.78, 5) is 0. The van der Waals surface area contributed by atoms with Crippen LogP contribution < -0.4 is 0 Å². The van der Waals surface area contributed by atoms with E-state index >= 15 is 0 Å². The van der Waals surface area contributed by atoms with Crippen LogP contribution in [0.1, 0.15) is 0 Å². The Morgan fingerprint density at radius 3 is 2.25 bits per heavy atom. The summed E-state index contributed by atoms with van der Waals surface area (Å²) in [5.41, 5.74) is 0. The van der Waals surface area contributed by atoms with Crippen molar-refractivity contribution >= 4 is 28.3 Å². The van der Waals surface area contributed by atoms with Crippen molar-refractivity contribution in [2.75, 3.05) is 0 Å². The van der Waals surface area contributed by atoms with Gasteiger partial charge >= 0.3 is 19.3 Å². The van der Waals surface area contributed by atoms with Gasteiger partial charge in [0, 0.05) is 0 Å². The van der Waals surface area contributed by atoms with Gasteiger partial charge in [0.15, 0.2) is 0 Å². The van der Waals surface area contributed by atoms with Gasteiger partial charge in [0.1, 0.15) is 0 Å². The van der Waals surface area contributed by atoms with Crippen molar-refractivity contribution in [3.8, 4) is 0 Å². The van der Waals surface area contributed by atoms with Gasteiger partial charge in [-0.3, -0.25) is 0 Å². The lowest BCUT2D eigenvalue weighted by Crippen LogP contribution is -1.62. The van der Waals surface area contributed by atoms with Gasteiger partial charge in [0.25, 0.3) is 0 Å². The van der Waals surface area contributed by atoms with E-state index in [4.69, 9.17) is 9.07 Å². The Morgan fingerprint density at radius 1 is 2.00 bits per heavy atom. The third kappa shape index (κ3) is 3.06. The van der Waals surface area contributed by atoms with Crippen LogP contribution in [0.25, 0.3) is 0 Å². The molecule has 1 radical (unpaired) electrons. The van der Waals surface area contributed by atoms with Crippen LogP contribution in [0.2, 0.25) is 4.55 Å². The Hall–Kier alpha value is 1.06. The zero-order chi connectivity index (χ0) is 3.41. The molecule has 0 fully saturated rings. The van der Waals surface area contributed by atoms with Crippen molar-refractivity contribution in [3.05, 3.63) is 6.92 Å². The molecular weight excluding hydrogens is 83.8 g/mol. The molecule has 0 bridgehead atoms. The highest BCUT2D eigenvalue weighted by molar-refractivity contribution is 6.93. The normalized spacial score (nSPS) is 5.50. The van der Waals surface area contributed by atoms with Crippen LogP contribution >= 0.6 is 9.07 Å². The van der Waals surface area contributed by atoms with Crippen LogP contribution in [-0.2, 0) is 0 Å². The molecule has 0 saturated heterocycles. The predicted octanol–water partition coefficient (Wildman–Crippen LogP) is 1.10. The molecule has 0 spiro atoms. The average molecular weight is 87.8 g/mol. The zero-order valence-electron chi connectivity index (χ0n) is 2.50. The van der Waals surface area contributed by atoms with Gasteiger partial charge in [0.05, 0.1) is 0 Å². The lowest BCUT2D eigenvalue weighted by atomic mass is 11.0. The smallest absolute Gasteiger partial charge is 0.346 e. The second-order valence-electron chi connectivity index (χ2n) is 0.543. The maximum atomic E-state index is 5.26. The van der Waals surface area contributed by atoms with E-state index in [0.29, 0.717) is 0 Å². The van der Waals surface area contributed by atoms with Gasteiger partial charge in [-0.2, -0.15) is 0 Å². The van der Waals surface area contributed by atoms with Gasteiger partial charge in [0.2, 0.25) is 0 Å². The Balaban J connectivity index is 1.97. The molecule has 0 aliphatic rings. The van der Waals surface area contributed by atoms with Gasteiger partial charge in [-0.05, 0) is 0 Å². The summed E-state index contributed by atoms with van der Waals surface area (Å²) >= 11 is -0.215. The molecule has 0 aromatic rings. The van der Waals surface area contributed by atoms with Crippen molar-refractivity contribution in [1.29, 1.82) is 0 Å². The molecule has 2 heteroatoms. The lowest BCUT2D eigenvalue weighted by molar-refractivity contribution is 1.76. The molecule has 0 atom stereocenters. The highest BCUT2D eigenvalue weighted by atomic mass is 35.5. The number of halogens is 1. The van der Waals surface area contributed by atoms with Crippen molar-refractivity contribution in [1.82, 2.24) is 0 Å². The average Bonchev–Trinajstić information content (AvgIpc) is 1.37. The van der Waals surface area contributed by atoms with Crippen molar-refractivity contribution in [2.45, 2.75) is 4.55 Å². The number of rotatable bonds is 1. The van der Waals surface area contributed by atoms with Crippen LogP contribution in [0.3, 0.4) is 0 Å². The van der Waals surface area contributed by atoms with Crippen LogP contribution in [0.15, 0.2) is 0 Å².